The van der Waals surface area contributed by atoms with Crippen LogP contribution >= 0.6 is 0 Å². The van der Waals surface area contributed by atoms with Crippen molar-refractivity contribution in [1.82, 2.24) is 0 Å². The molecule has 0 aliphatic heterocycles. The molecule has 0 aromatic heterocycles. The lowest BCUT2D eigenvalue weighted by atomic mass is 9.77. The topological polar surface area (TPSA) is 9.23 Å². The van der Waals surface area contributed by atoms with Crippen molar-refractivity contribution < 1.29 is 4.74 Å². The number of hydrogen-bond donors (Lipinski definition) is 0. The van der Waals surface area contributed by atoms with Gasteiger partial charge in [-0.25, -0.2) is 0 Å². The van der Waals surface area contributed by atoms with Gasteiger partial charge in [0, 0.05) is 0 Å². The summed E-state index contributed by atoms with van der Waals surface area (Å²) in [4.78, 5) is 0. The normalized spacial score (nSPS) is 16.5. The third kappa shape index (κ3) is 5.47. The second-order valence-electron chi connectivity index (χ2n) is 7.67. The first-order valence-electron chi connectivity index (χ1n) is 8.44. The van der Waals surface area contributed by atoms with Gasteiger partial charge in [-0.2, -0.15) is 0 Å². The van der Waals surface area contributed by atoms with Crippen LogP contribution in [0.5, 0.6) is 0 Å². The highest BCUT2D eigenvalue weighted by Crippen LogP contribution is 2.34. The van der Waals surface area contributed by atoms with Crippen molar-refractivity contribution in [3.8, 4) is 0 Å². The van der Waals surface area contributed by atoms with Crippen molar-refractivity contribution >= 4 is 0 Å². The van der Waals surface area contributed by atoms with Crippen LogP contribution in [-0.2, 0) is 11.3 Å². The smallest absolute Gasteiger partial charge is 0.0724 e. The maximum absolute atomic E-state index is 6.23. The van der Waals surface area contributed by atoms with Crippen LogP contribution in [0.2, 0.25) is 0 Å². The molecule has 0 radical (unpaired) electrons. The summed E-state index contributed by atoms with van der Waals surface area (Å²) in [6, 6.07) is 8.91. The van der Waals surface area contributed by atoms with E-state index in [1.54, 1.807) is 0 Å². The third-order valence-corrected chi connectivity index (χ3v) is 4.86. The molecule has 120 valence electrons. The van der Waals surface area contributed by atoms with Gasteiger partial charge in [0.25, 0.3) is 0 Å². The summed E-state index contributed by atoms with van der Waals surface area (Å²) in [5.74, 6) is 0.547. The molecule has 0 aliphatic carbocycles. The lowest BCUT2D eigenvalue weighted by Gasteiger charge is -2.30. The lowest BCUT2D eigenvalue weighted by Crippen LogP contribution is -2.27. The fourth-order valence-corrected chi connectivity index (χ4v) is 2.59. The van der Waals surface area contributed by atoms with Crippen LogP contribution in [0.4, 0.5) is 0 Å². The van der Waals surface area contributed by atoms with Gasteiger partial charge in [-0.05, 0) is 42.2 Å². The van der Waals surface area contributed by atoms with Gasteiger partial charge in [0.1, 0.15) is 0 Å². The first kappa shape index (κ1) is 18.2. The van der Waals surface area contributed by atoms with Crippen molar-refractivity contribution in [2.75, 3.05) is 0 Å². The average Bonchev–Trinajstić information content (AvgIpc) is 2.44. The minimum Gasteiger partial charge on any atom is -0.371 e. The number of ether oxygens (including phenoxy) is 1. The first-order chi connectivity index (χ1) is 9.72. The van der Waals surface area contributed by atoms with E-state index in [-0.39, 0.29) is 5.60 Å². The van der Waals surface area contributed by atoms with Gasteiger partial charge in [-0.15, -0.1) is 0 Å². The fraction of sp³-hybridized carbons (Fsp3) is 0.700. The van der Waals surface area contributed by atoms with Gasteiger partial charge in [-0.3, -0.25) is 0 Å². The molecule has 0 saturated heterocycles. The number of benzene rings is 1. The average molecular weight is 290 g/mol. The van der Waals surface area contributed by atoms with E-state index in [2.05, 4.69) is 72.7 Å². The summed E-state index contributed by atoms with van der Waals surface area (Å²) in [6.07, 6.45) is 3.37. The molecule has 0 spiro atoms. The highest BCUT2D eigenvalue weighted by atomic mass is 16.5. The second-order valence-corrected chi connectivity index (χ2v) is 7.67. The quantitative estimate of drug-likeness (QED) is 0.571. The molecule has 2 atom stereocenters. The Labute approximate surface area is 132 Å². The predicted octanol–water partition coefficient (Wildman–Crippen LogP) is 6.32. The van der Waals surface area contributed by atoms with Crippen LogP contribution in [0, 0.1) is 5.41 Å². The fourth-order valence-electron chi connectivity index (χ4n) is 2.59. The standard InChI is InChI=1S/C20H34O/c1-8-13-20(7,9-2)21-15-17-11-10-12-18(14-17)16(3)19(4,5)6/h10-12,14,16H,8-9,13,15H2,1-7H3. The molecule has 1 heteroatoms. The molecule has 0 saturated carbocycles. The summed E-state index contributed by atoms with van der Waals surface area (Å²) in [6.45, 7) is 16.6. The van der Waals surface area contributed by atoms with Gasteiger partial charge in [0.15, 0.2) is 0 Å². The number of rotatable bonds is 7. The molecule has 0 heterocycles. The molecule has 2 unspecified atom stereocenters. The minimum atomic E-state index is 0.0143. The minimum absolute atomic E-state index is 0.0143. The Morgan fingerprint density at radius 3 is 2.29 bits per heavy atom. The third-order valence-electron chi connectivity index (χ3n) is 4.86. The van der Waals surface area contributed by atoms with Crippen molar-refractivity contribution in [1.29, 1.82) is 0 Å². The van der Waals surface area contributed by atoms with Crippen molar-refractivity contribution in [3.63, 3.8) is 0 Å². The molecule has 0 bridgehead atoms. The zero-order valence-electron chi connectivity index (χ0n) is 15.1. The van der Waals surface area contributed by atoms with E-state index in [1.165, 1.54) is 17.5 Å². The van der Waals surface area contributed by atoms with Gasteiger partial charge in [-0.1, -0.05) is 72.2 Å². The van der Waals surface area contributed by atoms with Crippen LogP contribution in [0.25, 0.3) is 0 Å². The van der Waals surface area contributed by atoms with Crippen LogP contribution in [0.1, 0.15) is 84.8 Å². The van der Waals surface area contributed by atoms with Gasteiger partial charge in [0.05, 0.1) is 12.2 Å². The molecule has 1 nitrogen and oxygen atoms in total. The van der Waals surface area contributed by atoms with E-state index in [4.69, 9.17) is 4.74 Å². The SMILES string of the molecule is CCCC(C)(CC)OCc1cccc(C(C)C(C)(C)C)c1. The van der Waals surface area contributed by atoms with E-state index in [9.17, 15) is 0 Å². The molecular weight excluding hydrogens is 256 g/mol. The summed E-state index contributed by atoms with van der Waals surface area (Å²) in [7, 11) is 0. The zero-order chi connectivity index (χ0) is 16.1. The second kappa shape index (κ2) is 7.45. The molecule has 1 aromatic rings. The van der Waals surface area contributed by atoms with Crippen molar-refractivity contribution in [2.24, 2.45) is 5.41 Å². The van der Waals surface area contributed by atoms with Gasteiger partial charge in [0.2, 0.25) is 0 Å². The van der Waals surface area contributed by atoms with Gasteiger partial charge >= 0.3 is 0 Å². The van der Waals surface area contributed by atoms with Crippen molar-refractivity contribution in [2.45, 2.75) is 85.9 Å². The first-order valence-corrected chi connectivity index (χ1v) is 8.44. The van der Waals surface area contributed by atoms with Crippen LogP contribution in [0.3, 0.4) is 0 Å². The monoisotopic (exact) mass is 290 g/mol. The summed E-state index contributed by atoms with van der Waals surface area (Å²) < 4.78 is 6.23. The molecule has 1 rings (SSSR count). The van der Waals surface area contributed by atoms with E-state index in [0.717, 1.165) is 19.4 Å². The highest BCUT2D eigenvalue weighted by Gasteiger charge is 2.23. The van der Waals surface area contributed by atoms with Crippen molar-refractivity contribution in [3.05, 3.63) is 35.4 Å². The predicted molar refractivity (Wildman–Crippen MR) is 92.7 cm³/mol. The van der Waals surface area contributed by atoms with Crippen LogP contribution in [-0.4, -0.2) is 5.60 Å². The van der Waals surface area contributed by atoms with Gasteiger partial charge < -0.3 is 4.74 Å². The van der Waals surface area contributed by atoms with E-state index in [1.807, 2.05) is 0 Å². The van der Waals surface area contributed by atoms with Crippen LogP contribution in [0.15, 0.2) is 24.3 Å². The van der Waals surface area contributed by atoms with Crippen LogP contribution < -0.4 is 0 Å². The Morgan fingerprint density at radius 1 is 1.10 bits per heavy atom. The Bertz CT molecular complexity index is 430. The maximum atomic E-state index is 6.23. The molecule has 1 aromatic carbocycles. The summed E-state index contributed by atoms with van der Waals surface area (Å²) in [5, 5.41) is 0. The lowest BCUT2D eigenvalue weighted by molar-refractivity contribution is -0.0519. The highest BCUT2D eigenvalue weighted by molar-refractivity contribution is 5.26. The Kier molecular flexibility index (Phi) is 6.46. The van der Waals surface area contributed by atoms with E-state index < -0.39 is 0 Å². The van der Waals surface area contributed by atoms with E-state index >= 15 is 0 Å². The van der Waals surface area contributed by atoms with E-state index in [0.29, 0.717) is 11.3 Å². The molecule has 0 aliphatic rings. The Hall–Kier alpha value is -0.820. The Morgan fingerprint density at radius 2 is 1.76 bits per heavy atom. The largest absolute Gasteiger partial charge is 0.371 e. The zero-order valence-corrected chi connectivity index (χ0v) is 15.1. The molecule has 0 fully saturated rings. The molecule has 0 N–H and O–H groups in total. The molecule has 0 amide bonds. The number of hydrogen-bond acceptors (Lipinski definition) is 1. The molecular formula is C20H34O. The summed E-state index contributed by atoms with van der Waals surface area (Å²) >= 11 is 0. The summed E-state index contributed by atoms with van der Waals surface area (Å²) in [5.41, 5.74) is 3.01. The maximum Gasteiger partial charge on any atom is 0.0724 e. The molecule has 21 heavy (non-hydrogen) atoms. The Balaban J connectivity index is 2.78.